The summed E-state index contributed by atoms with van der Waals surface area (Å²) in [6, 6.07) is 15.2. The second-order valence-electron chi connectivity index (χ2n) is 12.4. The average molecular weight is 780 g/mol. The molecule has 4 aromatic heterocycles. The molecule has 2 aromatic carbocycles. The van der Waals surface area contributed by atoms with E-state index in [0.717, 1.165) is 70.7 Å². The SMILES string of the molecule is CC(=O)OCOCNc1ccc(-c2nc3c(Cl)c(C)[nH]n3n2)cc1.CC1=C(C(=O)OCOCNc2ccc(-c3nc4c(Cl)c(C)[nH]n4n3)cc2)CCCC1. The number of carbonyl (C=O) groups excluding carboxylic acids is 2. The molecule has 0 aliphatic heterocycles. The highest BCUT2D eigenvalue weighted by Gasteiger charge is 2.18. The molecular weight excluding hydrogens is 739 g/mol. The molecule has 0 unspecified atom stereocenters. The zero-order chi connectivity index (χ0) is 38.2. The highest BCUT2D eigenvalue weighted by atomic mass is 35.5. The van der Waals surface area contributed by atoms with Gasteiger partial charge in [0.25, 0.3) is 0 Å². The smallest absolute Gasteiger partial charge is 0.336 e. The molecule has 0 saturated carbocycles. The fraction of sp³-hybridized carbons (Fsp3) is 0.333. The van der Waals surface area contributed by atoms with Crippen molar-refractivity contribution >= 4 is 57.8 Å². The van der Waals surface area contributed by atoms with Crippen LogP contribution < -0.4 is 10.6 Å². The van der Waals surface area contributed by atoms with Crippen LogP contribution in [0, 0.1) is 13.8 Å². The van der Waals surface area contributed by atoms with E-state index in [4.69, 9.17) is 37.4 Å². The lowest BCUT2D eigenvalue weighted by atomic mass is 9.93. The van der Waals surface area contributed by atoms with E-state index in [-0.39, 0.29) is 39.0 Å². The number of H-pyrrole nitrogens is 2. The number of aryl methyl sites for hydroxylation is 2. The Bertz CT molecular complexity index is 2260. The number of ether oxygens (including phenoxy) is 4. The van der Waals surface area contributed by atoms with E-state index in [9.17, 15) is 9.59 Å². The van der Waals surface area contributed by atoms with Gasteiger partial charge in [0.2, 0.25) is 0 Å². The molecule has 54 heavy (non-hydrogen) atoms. The number of aromatic nitrogens is 8. The number of esters is 2. The minimum absolute atomic E-state index is 0.0779. The Morgan fingerprint density at radius 1 is 0.722 bits per heavy atom. The Hall–Kier alpha value is -5.42. The van der Waals surface area contributed by atoms with Crippen LogP contribution in [0.25, 0.3) is 34.1 Å². The lowest BCUT2D eigenvalue weighted by Gasteiger charge is -2.16. The molecule has 0 radical (unpaired) electrons. The third-order valence-corrected chi connectivity index (χ3v) is 9.37. The van der Waals surface area contributed by atoms with Crippen molar-refractivity contribution in [3.63, 3.8) is 0 Å². The molecule has 0 atom stereocenters. The van der Waals surface area contributed by atoms with E-state index in [1.807, 2.05) is 69.3 Å². The number of nitrogens with one attached hydrogen (secondary N) is 4. The van der Waals surface area contributed by atoms with Gasteiger partial charge in [-0.3, -0.25) is 15.0 Å². The monoisotopic (exact) mass is 778 g/mol. The van der Waals surface area contributed by atoms with Crippen molar-refractivity contribution < 1.29 is 28.5 Å². The lowest BCUT2D eigenvalue weighted by molar-refractivity contribution is -0.153. The number of hydrogen-bond donors (Lipinski definition) is 4. The summed E-state index contributed by atoms with van der Waals surface area (Å²) in [7, 11) is 0. The maximum absolute atomic E-state index is 12.1. The topological polar surface area (TPSA) is 187 Å². The zero-order valence-electron chi connectivity index (χ0n) is 30.2. The summed E-state index contributed by atoms with van der Waals surface area (Å²) in [5.41, 5.74) is 8.26. The van der Waals surface area contributed by atoms with Crippen molar-refractivity contribution in [2.45, 2.75) is 53.4 Å². The Balaban J connectivity index is 0.000000189. The molecular formula is C36H40Cl2N10O6. The van der Waals surface area contributed by atoms with Crippen molar-refractivity contribution in [1.82, 2.24) is 39.6 Å². The molecule has 0 saturated heterocycles. The normalized spacial score (nSPS) is 12.9. The molecule has 1 aliphatic rings. The van der Waals surface area contributed by atoms with Gasteiger partial charge >= 0.3 is 11.9 Å². The quantitative estimate of drug-likeness (QED) is 0.0532. The molecule has 7 rings (SSSR count). The van der Waals surface area contributed by atoms with Crippen molar-refractivity contribution in [1.29, 1.82) is 0 Å². The molecule has 1 aliphatic carbocycles. The summed E-state index contributed by atoms with van der Waals surface area (Å²) in [6.45, 7) is 7.36. The summed E-state index contributed by atoms with van der Waals surface area (Å²) in [5, 5.41) is 22.2. The fourth-order valence-corrected chi connectivity index (χ4v) is 5.86. The van der Waals surface area contributed by atoms with Crippen LogP contribution in [0.15, 0.2) is 59.7 Å². The summed E-state index contributed by atoms with van der Waals surface area (Å²) < 4.78 is 23.5. The van der Waals surface area contributed by atoms with Crippen LogP contribution in [0.3, 0.4) is 0 Å². The first kappa shape index (κ1) is 38.3. The van der Waals surface area contributed by atoms with Gasteiger partial charge in [0.15, 0.2) is 36.5 Å². The van der Waals surface area contributed by atoms with Crippen LogP contribution in [-0.4, -0.2) is 78.6 Å². The summed E-state index contributed by atoms with van der Waals surface area (Å²) >= 11 is 12.4. The maximum Gasteiger partial charge on any atom is 0.336 e. The second kappa shape index (κ2) is 17.6. The van der Waals surface area contributed by atoms with Crippen LogP contribution in [0.1, 0.15) is 50.9 Å². The van der Waals surface area contributed by atoms with E-state index in [2.05, 4.69) is 45.7 Å². The van der Waals surface area contributed by atoms with Gasteiger partial charge < -0.3 is 29.6 Å². The summed E-state index contributed by atoms with van der Waals surface area (Å²) in [5.74, 6) is 0.528. The third kappa shape index (κ3) is 9.38. The highest BCUT2D eigenvalue weighted by molar-refractivity contribution is 6.34. The predicted octanol–water partition coefficient (Wildman–Crippen LogP) is 7.06. The maximum atomic E-state index is 12.1. The summed E-state index contributed by atoms with van der Waals surface area (Å²) in [4.78, 5) is 31.6. The molecule has 0 spiro atoms. The van der Waals surface area contributed by atoms with Crippen LogP contribution >= 0.6 is 23.2 Å². The molecule has 0 amide bonds. The first-order valence-electron chi connectivity index (χ1n) is 17.1. The molecule has 18 heteroatoms. The molecule has 4 heterocycles. The Kier molecular flexibility index (Phi) is 12.5. The average Bonchev–Trinajstić information content (AvgIpc) is 3.91. The van der Waals surface area contributed by atoms with Gasteiger partial charge in [-0.2, -0.15) is 9.26 Å². The molecule has 6 aromatic rings. The first-order valence-corrected chi connectivity index (χ1v) is 17.9. The second-order valence-corrected chi connectivity index (χ2v) is 13.2. The van der Waals surface area contributed by atoms with Crippen molar-refractivity contribution in [3.05, 3.63) is 81.1 Å². The van der Waals surface area contributed by atoms with E-state index < -0.39 is 0 Å². The molecule has 4 N–H and O–H groups in total. The number of hydrogen-bond acceptors (Lipinski definition) is 12. The van der Waals surface area contributed by atoms with Gasteiger partial charge in [0.1, 0.15) is 23.5 Å². The Morgan fingerprint density at radius 2 is 1.19 bits per heavy atom. The number of allylic oxidation sites excluding steroid dienone is 1. The first-order chi connectivity index (χ1) is 26.1. The minimum Gasteiger partial charge on any atom is -0.439 e. The Labute approximate surface area is 320 Å². The largest absolute Gasteiger partial charge is 0.439 e. The van der Waals surface area contributed by atoms with Crippen LogP contribution in [0.2, 0.25) is 10.0 Å². The number of carbonyl (C=O) groups is 2. The van der Waals surface area contributed by atoms with E-state index in [1.54, 1.807) is 9.26 Å². The number of anilines is 2. The van der Waals surface area contributed by atoms with E-state index in [1.165, 1.54) is 6.92 Å². The fourth-order valence-electron chi connectivity index (χ4n) is 5.53. The van der Waals surface area contributed by atoms with Gasteiger partial charge in [-0.1, -0.05) is 28.8 Å². The number of fused-ring (bicyclic) bond motifs is 2. The van der Waals surface area contributed by atoms with Gasteiger partial charge in [-0.05, 0) is 95.0 Å². The number of aromatic amines is 2. The van der Waals surface area contributed by atoms with Gasteiger partial charge in [-0.25, -0.2) is 14.8 Å². The molecule has 0 fully saturated rings. The number of rotatable bonds is 13. The van der Waals surface area contributed by atoms with Crippen LogP contribution in [0.4, 0.5) is 11.4 Å². The lowest BCUT2D eigenvalue weighted by Crippen LogP contribution is -2.16. The van der Waals surface area contributed by atoms with Crippen molar-refractivity contribution in [2.24, 2.45) is 0 Å². The number of benzene rings is 2. The standard InChI is InChI=1S/C21H24ClN5O3.C15H16ClN5O3/c1-13-5-3-4-6-17(13)21(28)30-12-29-11-23-16-9-7-15(8-10-16)19-24-20-18(22)14(2)25-27(20)26-19;1-9-13(16)15-18-14(20-21(15)19-9)11-3-5-12(6-4-11)17-7-23-8-24-10(2)22/h7-10,23,25H,3-6,11-12H2,1-2H3;3-6,17,19H,7-8H2,1-2H3. The number of nitrogens with zero attached hydrogens (tertiary/aromatic N) is 6. The number of halogens is 2. The predicted molar refractivity (Wildman–Crippen MR) is 203 cm³/mol. The third-order valence-electron chi connectivity index (χ3n) is 8.46. The van der Waals surface area contributed by atoms with Gasteiger partial charge in [0, 0.05) is 35.0 Å². The van der Waals surface area contributed by atoms with Gasteiger partial charge in [-0.15, -0.1) is 10.2 Å². The van der Waals surface area contributed by atoms with Gasteiger partial charge in [0.05, 0.1) is 11.4 Å². The van der Waals surface area contributed by atoms with Crippen molar-refractivity contribution in [3.8, 4) is 22.8 Å². The summed E-state index contributed by atoms with van der Waals surface area (Å²) in [6.07, 6.45) is 3.95. The molecule has 16 nitrogen and oxygen atoms in total. The van der Waals surface area contributed by atoms with Crippen molar-refractivity contribution in [2.75, 3.05) is 37.7 Å². The highest BCUT2D eigenvalue weighted by Crippen LogP contribution is 2.27. The van der Waals surface area contributed by atoms with Crippen LogP contribution in [0.5, 0.6) is 0 Å². The minimum atomic E-state index is -0.376. The Morgan fingerprint density at radius 3 is 1.63 bits per heavy atom. The molecule has 284 valence electrons. The zero-order valence-corrected chi connectivity index (χ0v) is 31.7. The molecule has 0 bridgehead atoms. The van der Waals surface area contributed by atoms with E-state index >= 15 is 0 Å². The van der Waals surface area contributed by atoms with Crippen LogP contribution in [-0.2, 0) is 28.5 Å². The van der Waals surface area contributed by atoms with E-state index in [0.29, 0.717) is 33.0 Å².